The van der Waals surface area contributed by atoms with Crippen molar-refractivity contribution < 1.29 is 0 Å². The maximum Gasteiger partial charge on any atom is 0.180 e. The monoisotopic (exact) mass is 340 g/mol. The van der Waals surface area contributed by atoms with Crippen LogP contribution in [0.5, 0.6) is 0 Å². The molecule has 1 aliphatic rings. The lowest BCUT2D eigenvalue weighted by Gasteiger charge is -2.36. The number of aromatic nitrogens is 3. The Bertz CT molecular complexity index is 667. The van der Waals surface area contributed by atoms with E-state index in [0.717, 1.165) is 56.4 Å². The van der Waals surface area contributed by atoms with E-state index in [2.05, 4.69) is 51.0 Å². The second-order valence-electron chi connectivity index (χ2n) is 6.71. The molecule has 0 aliphatic carbocycles. The number of likely N-dealkylation sites (N-methyl/N-ethyl adjacent to an activating group) is 1. The molecule has 2 aromatic rings. The SMILES string of the molecule is CCc1cc(NCC(C)N2CCN(C)CC2)nc(-c2ccccn2)n1. The molecule has 0 bridgehead atoms. The molecular formula is C19H28N6. The second-order valence-corrected chi connectivity index (χ2v) is 6.71. The fourth-order valence-electron chi connectivity index (χ4n) is 3.02. The summed E-state index contributed by atoms with van der Waals surface area (Å²) in [5, 5.41) is 3.50. The summed E-state index contributed by atoms with van der Waals surface area (Å²) in [6.45, 7) is 9.81. The molecule has 0 spiro atoms. The molecule has 1 N–H and O–H groups in total. The summed E-state index contributed by atoms with van der Waals surface area (Å²) < 4.78 is 0. The third-order valence-corrected chi connectivity index (χ3v) is 4.78. The molecule has 3 heterocycles. The van der Waals surface area contributed by atoms with Crippen molar-refractivity contribution in [2.75, 3.05) is 45.1 Å². The Labute approximate surface area is 150 Å². The summed E-state index contributed by atoms with van der Waals surface area (Å²) in [7, 11) is 2.19. The Morgan fingerprint density at radius 1 is 1.16 bits per heavy atom. The third-order valence-electron chi connectivity index (χ3n) is 4.78. The van der Waals surface area contributed by atoms with Crippen molar-refractivity contribution in [1.29, 1.82) is 0 Å². The number of anilines is 1. The van der Waals surface area contributed by atoms with Gasteiger partial charge in [0.05, 0.1) is 0 Å². The minimum atomic E-state index is 0.479. The van der Waals surface area contributed by atoms with Crippen molar-refractivity contribution in [3.63, 3.8) is 0 Å². The average Bonchev–Trinajstić information content (AvgIpc) is 2.67. The van der Waals surface area contributed by atoms with E-state index in [1.165, 1.54) is 0 Å². The van der Waals surface area contributed by atoms with Gasteiger partial charge in [-0.1, -0.05) is 13.0 Å². The van der Waals surface area contributed by atoms with E-state index in [4.69, 9.17) is 0 Å². The van der Waals surface area contributed by atoms with Gasteiger partial charge in [0.15, 0.2) is 5.82 Å². The lowest BCUT2D eigenvalue weighted by molar-refractivity contribution is 0.123. The highest BCUT2D eigenvalue weighted by Crippen LogP contribution is 2.16. The maximum absolute atomic E-state index is 4.67. The van der Waals surface area contributed by atoms with E-state index in [-0.39, 0.29) is 0 Å². The number of rotatable bonds is 6. The van der Waals surface area contributed by atoms with Crippen LogP contribution in [0.2, 0.25) is 0 Å². The van der Waals surface area contributed by atoms with Crippen molar-refractivity contribution in [3.8, 4) is 11.5 Å². The predicted molar refractivity (Wildman–Crippen MR) is 102 cm³/mol. The molecule has 0 saturated carbocycles. The fourth-order valence-corrected chi connectivity index (χ4v) is 3.02. The lowest BCUT2D eigenvalue weighted by atomic mass is 10.2. The van der Waals surface area contributed by atoms with E-state index < -0.39 is 0 Å². The van der Waals surface area contributed by atoms with E-state index >= 15 is 0 Å². The second kappa shape index (κ2) is 8.36. The molecule has 134 valence electrons. The molecule has 0 radical (unpaired) electrons. The minimum absolute atomic E-state index is 0.479. The van der Waals surface area contributed by atoms with E-state index in [1.54, 1.807) is 6.20 Å². The zero-order valence-corrected chi connectivity index (χ0v) is 15.4. The highest BCUT2D eigenvalue weighted by Gasteiger charge is 2.19. The van der Waals surface area contributed by atoms with Crippen LogP contribution in [-0.4, -0.2) is 70.6 Å². The summed E-state index contributed by atoms with van der Waals surface area (Å²) in [5.41, 5.74) is 1.85. The molecule has 3 rings (SSSR count). The Balaban J connectivity index is 1.67. The van der Waals surface area contributed by atoms with Crippen LogP contribution >= 0.6 is 0 Å². The number of aryl methyl sites for hydroxylation is 1. The summed E-state index contributed by atoms with van der Waals surface area (Å²) in [6.07, 6.45) is 2.66. The summed E-state index contributed by atoms with van der Waals surface area (Å²) in [5.74, 6) is 1.57. The number of hydrogen-bond acceptors (Lipinski definition) is 6. The molecule has 0 amide bonds. The van der Waals surface area contributed by atoms with Crippen LogP contribution in [0.25, 0.3) is 11.5 Å². The molecule has 1 saturated heterocycles. The molecule has 6 nitrogen and oxygen atoms in total. The van der Waals surface area contributed by atoms with Crippen LogP contribution in [0.4, 0.5) is 5.82 Å². The number of pyridine rings is 1. The first-order valence-corrected chi connectivity index (χ1v) is 9.11. The van der Waals surface area contributed by atoms with E-state index in [9.17, 15) is 0 Å². The van der Waals surface area contributed by atoms with Gasteiger partial charge in [-0.3, -0.25) is 9.88 Å². The summed E-state index contributed by atoms with van der Waals surface area (Å²) >= 11 is 0. The van der Waals surface area contributed by atoms with Gasteiger partial charge in [-0.2, -0.15) is 0 Å². The number of nitrogens with zero attached hydrogens (tertiary/aromatic N) is 5. The largest absolute Gasteiger partial charge is 0.368 e. The zero-order valence-electron chi connectivity index (χ0n) is 15.4. The molecule has 1 aliphatic heterocycles. The molecule has 1 atom stereocenters. The highest BCUT2D eigenvalue weighted by atomic mass is 15.3. The van der Waals surface area contributed by atoms with E-state index in [0.29, 0.717) is 11.9 Å². The normalized spacial score (nSPS) is 17.4. The van der Waals surface area contributed by atoms with Gasteiger partial charge in [0.25, 0.3) is 0 Å². The van der Waals surface area contributed by atoms with Crippen LogP contribution in [0.15, 0.2) is 30.5 Å². The molecular weight excluding hydrogens is 312 g/mol. The highest BCUT2D eigenvalue weighted by molar-refractivity contribution is 5.52. The van der Waals surface area contributed by atoms with Gasteiger partial charge in [0, 0.05) is 56.7 Å². The Kier molecular flexibility index (Phi) is 5.94. The van der Waals surface area contributed by atoms with Crippen LogP contribution < -0.4 is 5.32 Å². The predicted octanol–water partition coefficient (Wildman–Crippen LogP) is 2.15. The van der Waals surface area contributed by atoms with Gasteiger partial charge in [-0.15, -0.1) is 0 Å². The first-order valence-electron chi connectivity index (χ1n) is 9.11. The third kappa shape index (κ3) is 4.74. The van der Waals surface area contributed by atoms with Crippen molar-refractivity contribution >= 4 is 5.82 Å². The van der Waals surface area contributed by atoms with Crippen LogP contribution in [-0.2, 0) is 6.42 Å². The molecule has 2 aromatic heterocycles. The van der Waals surface area contributed by atoms with Crippen LogP contribution in [0.3, 0.4) is 0 Å². The summed E-state index contributed by atoms with van der Waals surface area (Å²) in [4.78, 5) is 18.6. The van der Waals surface area contributed by atoms with Gasteiger partial charge in [-0.25, -0.2) is 9.97 Å². The van der Waals surface area contributed by atoms with Gasteiger partial charge in [0.1, 0.15) is 11.5 Å². The van der Waals surface area contributed by atoms with Gasteiger partial charge in [-0.05, 0) is 32.5 Å². The minimum Gasteiger partial charge on any atom is -0.368 e. The topological polar surface area (TPSA) is 57.2 Å². The van der Waals surface area contributed by atoms with Gasteiger partial charge < -0.3 is 10.2 Å². The number of nitrogens with one attached hydrogen (secondary N) is 1. The first kappa shape index (κ1) is 17.8. The van der Waals surface area contributed by atoms with Crippen molar-refractivity contribution in [2.24, 2.45) is 0 Å². The van der Waals surface area contributed by atoms with Crippen molar-refractivity contribution in [1.82, 2.24) is 24.8 Å². The Morgan fingerprint density at radius 3 is 2.64 bits per heavy atom. The average molecular weight is 340 g/mol. The maximum atomic E-state index is 4.67. The standard InChI is InChI=1S/C19H28N6/c1-4-16-13-18(23-19(22-16)17-7-5-6-8-20-17)21-14-15(2)25-11-9-24(3)10-12-25/h5-8,13,15H,4,9-12,14H2,1-3H3,(H,21,22,23). The van der Waals surface area contributed by atoms with Crippen LogP contribution in [0, 0.1) is 0 Å². The van der Waals surface area contributed by atoms with E-state index in [1.807, 2.05) is 24.3 Å². The van der Waals surface area contributed by atoms with Crippen molar-refractivity contribution in [2.45, 2.75) is 26.3 Å². The van der Waals surface area contributed by atoms with Crippen LogP contribution in [0.1, 0.15) is 19.5 Å². The molecule has 0 aromatic carbocycles. The Morgan fingerprint density at radius 2 is 1.96 bits per heavy atom. The lowest BCUT2D eigenvalue weighted by Crippen LogP contribution is -2.49. The number of hydrogen-bond donors (Lipinski definition) is 1. The summed E-state index contributed by atoms with van der Waals surface area (Å²) in [6, 6.07) is 8.35. The van der Waals surface area contributed by atoms with Gasteiger partial charge in [0.2, 0.25) is 0 Å². The fraction of sp³-hybridized carbons (Fsp3) is 0.526. The van der Waals surface area contributed by atoms with Gasteiger partial charge >= 0.3 is 0 Å². The molecule has 25 heavy (non-hydrogen) atoms. The molecule has 6 heteroatoms. The molecule has 1 unspecified atom stereocenters. The quantitative estimate of drug-likeness (QED) is 0.869. The van der Waals surface area contributed by atoms with Crippen molar-refractivity contribution in [3.05, 3.63) is 36.2 Å². The zero-order chi connectivity index (χ0) is 17.6. The number of piperazine rings is 1. The smallest absolute Gasteiger partial charge is 0.180 e. The Hall–Kier alpha value is -2.05. The molecule has 1 fully saturated rings. The first-order chi connectivity index (χ1) is 12.2.